The summed E-state index contributed by atoms with van der Waals surface area (Å²) in [6.07, 6.45) is 2.42. The summed E-state index contributed by atoms with van der Waals surface area (Å²) in [5.74, 6) is 0. The number of hydrogen-bond donors (Lipinski definition) is 1. The van der Waals surface area contributed by atoms with Crippen molar-refractivity contribution in [3.05, 3.63) is 0 Å². The first-order valence-corrected chi connectivity index (χ1v) is 7.34. The molecule has 18 heavy (non-hydrogen) atoms. The van der Waals surface area contributed by atoms with Gasteiger partial charge in [0.05, 0.1) is 0 Å². The van der Waals surface area contributed by atoms with Gasteiger partial charge in [0.2, 0.25) is 0 Å². The highest BCUT2D eigenvalue weighted by Gasteiger charge is 2.26. The van der Waals surface area contributed by atoms with Crippen LogP contribution in [0.15, 0.2) is 0 Å². The largest absolute Gasteiger partial charge is 0.382 e. The fourth-order valence-electron chi connectivity index (χ4n) is 2.47. The molecule has 2 atom stereocenters. The van der Waals surface area contributed by atoms with E-state index in [4.69, 9.17) is 4.74 Å². The molecule has 1 saturated heterocycles. The third kappa shape index (κ3) is 5.65. The molecule has 1 rings (SSSR count). The molecule has 108 valence electrons. The topological polar surface area (TPSA) is 27.7 Å². The van der Waals surface area contributed by atoms with Gasteiger partial charge in [-0.15, -0.1) is 0 Å². The quantitative estimate of drug-likeness (QED) is 0.624. The molecule has 2 unspecified atom stereocenters. The third-order valence-corrected chi connectivity index (χ3v) is 3.83. The van der Waals surface area contributed by atoms with Gasteiger partial charge in [-0.1, -0.05) is 0 Å². The van der Waals surface area contributed by atoms with E-state index in [1.165, 1.54) is 19.5 Å². The summed E-state index contributed by atoms with van der Waals surface area (Å²) in [6, 6.07) is 1.38. The van der Waals surface area contributed by atoms with Crippen LogP contribution >= 0.6 is 0 Å². The Labute approximate surface area is 113 Å². The van der Waals surface area contributed by atoms with Gasteiger partial charge in [0.15, 0.2) is 0 Å². The molecule has 0 aromatic rings. The Hall–Kier alpha value is -0.160. The highest BCUT2D eigenvalue weighted by Crippen LogP contribution is 2.15. The average molecular weight is 257 g/mol. The molecule has 0 bridgehead atoms. The first-order valence-electron chi connectivity index (χ1n) is 7.34. The lowest BCUT2D eigenvalue weighted by Gasteiger charge is -2.26. The van der Waals surface area contributed by atoms with Crippen molar-refractivity contribution >= 4 is 0 Å². The molecular weight excluding hydrogens is 226 g/mol. The van der Waals surface area contributed by atoms with E-state index >= 15 is 0 Å². The number of rotatable bonds is 9. The second kappa shape index (κ2) is 8.86. The van der Waals surface area contributed by atoms with Crippen molar-refractivity contribution < 1.29 is 4.74 Å². The van der Waals surface area contributed by atoms with Crippen LogP contribution in [0.2, 0.25) is 0 Å². The number of ether oxygens (including phenoxy) is 1. The van der Waals surface area contributed by atoms with Crippen molar-refractivity contribution in [2.45, 2.75) is 38.8 Å². The molecule has 0 saturated carbocycles. The smallest absolute Gasteiger partial charge is 0.0477 e. The van der Waals surface area contributed by atoms with Crippen molar-refractivity contribution in [3.8, 4) is 0 Å². The predicted octanol–water partition coefficient (Wildman–Crippen LogP) is 1.03. The van der Waals surface area contributed by atoms with Crippen molar-refractivity contribution in [1.29, 1.82) is 0 Å². The lowest BCUT2D eigenvalue weighted by molar-refractivity contribution is 0.144. The summed E-state index contributed by atoms with van der Waals surface area (Å²) in [4.78, 5) is 4.95. The summed E-state index contributed by atoms with van der Waals surface area (Å²) >= 11 is 0. The minimum absolute atomic E-state index is 0.641. The maximum absolute atomic E-state index is 5.32. The second-order valence-corrected chi connectivity index (χ2v) is 5.50. The van der Waals surface area contributed by atoms with E-state index in [-0.39, 0.29) is 0 Å². The van der Waals surface area contributed by atoms with Gasteiger partial charge in [-0.05, 0) is 47.3 Å². The Kier molecular flexibility index (Phi) is 7.82. The Balaban J connectivity index is 2.05. The first kappa shape index (κ1) is 15.9. The van der Waals surface area contributed by atoms with Crippen LogP contribution in [0.25, 0.3) is 0 Å². The van der Waals surface area contributed by atoms with E-state index in [9.17, 15) is 0 Å². The molecule has 1 aliphatic heterocycles. The van der Waals surface area contributed by atoms with Gasteiger partial charge in [0.1, 0.15) is 0 Å². The molecule has 0 aromatic heterocycles. The maximum atomic E-state index is 5.32. The molecule has 0 radical (unpaired) electrons. The zero-order valence-corrected chi connectivity index (χ0v) is 12.6. The van der Waals surface area contributed by atoms with Crippen LogP contribution in [-0.4, -0.2) is 75.4 Å². The van der Waals surface area contributed by atoms with Gasteiger partial charge in [-0.25, -0.2) is 0 Å². The molecule has 0 aromatic carbocycles. The highest BCUT2D eigenvalue weighted by molar-refractivity contribution is 4.84. The SMILES string of the molecule is CCOCCCNCC(C)N1CCC(N(C)C)C1. The zero-order valence-electron chi connectivity index (χ0n) is 12.6. The number of nitrogens with zero attached hydrogens (tertiary/aromatic N) is 2. The van der Waals surface area contributed by atoms with E-state index in [2.05, 4.69) is 36.1 Å². The predicted molar refractivity (Wildman–Crippen MR) is 77.1 cm³/mol. The van der Waals surface area contributed by atoms with Crippen LogP contribution in [0, 0.1) is 0 Å². The van der Waals surface area contributed by atoms with Crippen LogP contribution in [0.4, 0.5) is 0 Å². The average Bonchev–Trinajstić information content (AvgIpc) is 2.83. The van der Waals surface area contributed by atoms with Gasteiger partial charge in [0, 0.05) is 44.9 Å². The molecular formula is C14H31N3O. The Morgan fingerprint density at radius 2 is 2.22 bits per heavy atom. The standard InChI is InChI=1S/C14H31N3O/c1-5-18-10-6-8-15-11-13(2)17-9-7-14(12-17)16(3)4/h13-15H,5-12H2,1-4H3. The zero-order chi connectivity index (χ0) is 13.4. The minimum atomic E-state index is 0.641. The van der Waals surface area contributed by atoms with E-state index in [0.717, 1.165) is 38.8 Å². The summed E-state index contributed by atoms with van der Waals surface area (Å²) in [6.45, 7) is 10.7. The van der Waals surface area contributed by atoms with Gasteiger partial charge in [-0.2, -0.15) is 0 Å². The Morgan fingerprint density at radius 1 is 1.44 bits per heavy atom. The van der Waals surface area contributed by atoms with Crippen LogP contribution in [-0.2, 0) is 4.74 Å². The molecule has 4 heteroatoms. The Morgan fingerprint density at radius 3 is 2.83 bits per heavy atom. The van der Waals surface area contributed by atoms with Gasteiger partial charge < -0.3 is 15.0 Å². The van der Waals surface area contributed by atoms with Crippen molar-refractivity contribution in [2.24, 2.45) is 0 Å². The second-order valence-electron chi connectivity index (χ2n) is 5.50. The number of hydrogen-bond acceptors (Lipinski definition) is 4. The molecule has 0 aliphatic carbocycles. The van der Waals surface area contributed by atoms with Crippen molar-refractivity contribution in [2.75, 3.05) is 53.5 Å². The number of likely N-dealkylation sites (N-methyl/N-ethyl adjacent to an activating group) is 1. The summed E-state index contributed by atoms with van der Waals surface area (Å²) in [5, 5.41) is 3.53. The fraction of sp³-hybridized carbons (Fsp3) is 1.00. The van der Waals surface area contributed by atoms with Crippen molar-refractivity contribution in [3.63, 3.8) is 0 Å². The van der Waals surface area contributed by atoms with Crippen LogP contribution < -0.4 is 5.32 Å². The number of nitrogens with one attached hydrogen (secondary N) is 1. The van der Waals surface area contributed by atoms with Gasteiger partial charge >= 0.3 is 0 Å². The van der Waals surface area contributed by atoms with Crippen LogP contribution in [0.5, 0.6) is 0 Å². The van der Waals surface area contributed by atoms with E-state index in [1.807, 2.05) is 6.92 Å². The summed E-state index contributed by atoms with van der Waals surface area (Å²) in [7, 11) is 4.37. The van der Waals surface area contributed by atoms with E-state index in [1.54, 1.807) is 0 Å². The molecule has 4 nitrogen and oxygen atoms in total. The summed E-state index contributed by atoms with van der Waals surface area (Å²) in [5.41, 5.74) is 0. The van der Waals surface area contributed by atoms with E-state index < -0.39 is 0 Å². The lowest BCUT2D eigenvalue weighted by Crippen LogP contribution is -2.41. The van der Waals surface area contributed by atoms with Crippen LogP contribution in [0.3, 0.4) is 0 Å². The molecule has 1 heterocycles. The highest BCUT2D eigenvalue weighted by atomic mass is 16.5. The summed E-state index contributed by atoms with van der Waals surface area (Å²) < 4.78 is 5.32. The monoisotopic (exact) mass is 257 g/mol. The van der Waals surface area contributed by atoms with E-state index in [0.29, 0.717) is 6.04 Å². The fourth-order valence-corrected chi connectivity index (χ4v) is 2.47. The molecule has 1 aliphatic rings. The maximum Gasteiger partial charge on any atom is 0.0477 e. The van der Waals surface area contributed by atoms with Crippen molar-refractivity contribution in [1.82, 2.24) is 15.1 Å². The van der Waals surface area contributed by atoms with Crippen LogP contribution in [0.1, 0.15) is 26.7 Å². The first-order chi connectivity index (χ1) is 8.65. The molecule has 0 spiro atoms. The lowest BCUT2D eigenvalue weighted by atomic mass is 10.2. The molecule has 1 N–H and O–H groups in total. The normalized spacial score (nSPS) is 22.8. The third-order valence-electron chi connectivity index (χ3n) is 3.83. The van der Waals surface area contributed by atoms with Gasteiger partial charge in [0.25, 0.3) is 0 Å². The van der Waals surface area contributed by atoms with Gasteiger partial charge in [-0.3, -0.25) is 4.90 Å². The number of likely N-dealkylation sites (tertiary alicyclic amines) is 1. The Bertz CT molecular complexity index is 211. The molecule has 0 amide bonds. The minimum Gasteiger partial charge on any atom is -0.382 e. The molecule has 1 fully saturated rings.